The number of anilines is 1. The molecule has 1 fully saturated rings. The number of piperazine rings is 1. The van der Waals surface area contributed by atoms with E-state index < -0.39 is 0 Å². The number of aromatic nitrogens is 3. The highest BCUT2D eigenvalue weighted by molar-refractivity contribution is 7.13. The molecule has 0 spiro atoms. The molecule has 2 aromatic rings. The summed E-state index contributed by atoms with van der Waals surface area (Å²) in [5, 5.41) is 7.36. The van der Waals surface area contributed by atoms with Gasteiger partial charge in [0.15, 0.2) is 5.13 Å². The Morgan fingerprint density at radius 2 is 2.00 bits per heavy atom. The first-order valence-corrected chi connectivity index (χ1v) is 8.44. The summed E-state index contributed by atoms with van der Waals surface area (Å²) in [5.41, 5.74) is 1.73. The lowest BCUT2D eigenvalue weighted by molar-refractivity contribution is 0.0732. The molecular weight excluding hydrogens is 298 g/mol. The summed E-state index contributed by atoms with van der Waals surface area (Å²) in [4.78, 5) is 21.3. The fourth-order valence-corrected chi connectivity index (χ4v) is 3.50. The molecule has 0 bridgehead atoms. The van der Waals surface area contributed by atoms with Gasteiger partial charge >= 0.3 is 0 Å². The maximum absolute atomic E-state index is 12.7. The van der Waals surface area contributed by atoms with Crippen molar-refractivity contribution in [2.24, 2.45) is 0 Å². The quantitative estimate of drug-likeness (QED) is 0.870. The van der Waals surface area contributed by atoms with Crippen molar-refractivity contribution in [1.29, 1.82) is 0 Å². The molecule has 0 aromatic carbocycles. The molecule has 7 heteroatoms. The van der Waals surface area contributed by atoms with E-state index in [4.69, 9.17) is 0 Å². The largest absolute Gasteiger partial charge is 0.345 e. The fraction of sp³-hybridized carbons (Fsp3) is 0.533. The van der Waals surface area contributed by atoms with E-state index in [2.05, 4.69) is 20.4 Å². The van der Waals surface area contributed by atoms with Crippen molar-refractivity contribution in [1.82, 2.24) is 19.7 Å². The molecule has 0 aliphatic carbocycles. The van der Waals surface area contributed by atoms with Gasteiger partial charge in [0.25, 0.3) is 5.91 Å². The van der Waals surface area contributed by atoms with Crippen molar-refractivity contribution in [2.45, 2.75) is 26.8 Å². The highest BCUT2D eigenvalue weighted by Gasteiger charge is 2.25. The van der Waals surface area contributed by atoms with Crippen LogP contribution in [0.1, 0.15) is 36.1 Å². The molecule has 3 heterocycles. The van der Waals surface area contributed by atoms with Crippen LogP contribution in [0.3, 0.4) is 0 Å². The second-order valence-corrected chi connectivity index (χ2v) is 6.64. The van der Waals surface area contributed by atoms with Gasteiger partial charge in [-0.1, -0.05) is 0 Å². The Bertz CT molecular complexity index is 654. The predicted molar refractivity (Wildman–Crippen MR) is 87.6 cm³/mol. The van der Waals surface area contributed by atoms with E-state index >= 15 is 0 Å². The summed E-state index contributed by atoms with van der Waals surface area (Å²) in [5.74, 6) is 0.0705. The van der Waals surface area contributed by atoms with Crippen molar-refractivity contribution in [3.63, 3.8) is 0 Å². The van der Waals surface area contributed by atoms with Crippen LogP contribution in [0, 0.1) is 6.92 Å². The van der Waals surface area contributed by atoms with Crippen LogP contribution in [-0.4, -0.2) is 51.8 Å². The topological polar surface area (TPSA) is 54.3 Å². The molecule has 1 saturated heterocycles. The molecule has 1 aliphatic rings. The number of carbonyl (C=O) groups excluding carboxylic acids is 1. The smallest absolute Gasteiger partial charge is 0.272 e. The Hall–Kier alpha value is -1.89. The molecular formula is C15H21N5OS. The Morgan fingerprint density at radius 1 is 1.27 bits per heavy atom. The van der Waals surface area contributed by atoms with Crippen LogP contribution in [0.15, 0.2) is 17.6 Å². The van der Waals surface area contributed by atoms with E-state index in [-0.39, 0.29) is 11.9 Å². The van der Waals surface area contributed by atoms with Crippen LogP contribution in [0.4, 0.5) is 5.13 Å². The Balaban J connectivity index is 1.66. The van der Waals surface area contributed by atoms with Gasteiger partial charge in [-0.3, -0.25) is 9.48 Å². The van der Waals surface area contributed by atoms with Gasteiger partial charge in [-0.15, -0.1) is 11.3 Å². The maximum Gasteiger partial charge on any atom is 0.272 e. The first-order chi connectivity index (χ1) is 10.6. The Labute approximate surface area is 134 Å². The number of hydrogen-bond donors (Lipinski definition) is 0. The van der Waals surface area contributed by atoms with Gasteiger partial charge in [-0.2, -0.15) is 5.10 Å². The molecule has 0 N–H and O–H groups in total. The second kappa shape index (κ2) is 6.08. The molecule has 118 valence electrons. The first-order valence-electron chi connectivity index (χ1n) is 7.56. The summed E-state index contributed by atoms with van der Waals surface area (Å²) < 4.78 is 1.79. The van der Waals surface area contributed by atoms with Crippen LogP contribution >= 0.6 is 11.3 Å². The average Bonchev–Trinajstić information content (AvgIpc) is 3.15. The molecule has 1 aliphatic heterocycles. The number of hydrogen-bond acceptors (Lipinski definition) is 5. The molecule has 0 atom stereocenters. The lowest BCUT2D eigenvalue weighted by Gasteiger charge is -2.34. The van der Waals surface area contributed by atoms with E-state index in [1.807, 2.05) is 25.7 Å². The number of rotatable bonds is 3. The zero-order valence-corrected chi connectivity index (χ0v) is 14.0. The lowest BCUT2D eigenvalue weighted by Crippen LogP contribution is -2.49. The van der Waals surface area contributed by atoms with Gasteiger partial charge in [-0.05, 0) is 26.8 Å². The minimum absolute atomic E-state index is 0.0705. The van der Waals surface area contributed by atoms with E-state index in [9.17, 15) is 4.79 Å². The van der Waals surface area contributed by atoms with Crippen molar-refractivity contribution >= 4 is 22.4 Å². The monoisotopic (exact) mass is 319 g/mol. The third kappa shape index (κ3) is 2.85. The predicted octanol–water partition coefficient (Wildman–Crippen LogP) is 2.19. The van der Waals surface area contributed by atoms with Crippen LogP contribution in [0.25, 0.3) is 0 Å². The number of thiazole rings is 1. The summed E-state index contributed by atoms with van der Waals surface area (Å²) in [6, 6.07) is 1.99. The Morgan fingerprint density at radius 3 is 2.59 bits per heavy atom. The van der Waals surface area contributed by atoms with Gasteiger partial charge in [0, 0.05) is 43.8 Å². The first kappa shape index (κ1) is 15.0. The standard InChI is InChI=1S/C15H21N5OS/c1-11(2)20-13(4-5-16-20)14(21)18-6-8-19(9-7-18)15-17-12(3)10-22-15/h4-5,10-11H,6-9H2,1-3H3. The summed E-state index contributed by atoms with van der Waals surface area (Å²) in [6.07, 6.45) is 1.70. The summed E-state index contributed by atoms with van der Waals surface area (Å²) in [7, 11) is 0. The van der Waals surface area contributed by atoms with Crippen molar-refractivity contribution in [3.05, 3.63) is 29.0 Å². The zero-order chi connectivity index (χ0) is 15.7. The van der Waals surface area contributed by atoms with E-state index in [1.165, 1.54) is 0 Å². The van der Waals surface area contributed by atoms with Gasteiger partial charge in [-0.25, -0.2) is 4.98 Å². The average molecular weight is 319 g/mol. The SMILES string of the molecule is Cc1csc(N2CCN(C(=O)c3ccnn3C(C)C)CC2)n1. The third-order valence-electron chi connectivity index (χ3n) is 3.82. The van der Waals surface area contributed by atoms with Crippen LogP contribution in [0.2, 0.25) is 0 Å². The number of nitrogens with zero attached hydrogens (tertiary/aromatic N) is 5. The fourth-order valence-electron chi connectivity index (χ4n) is 2.64. The maximum atomic E-state index is 12.7. The molecule has 0 unspecified atom stereocenters. The van der Waals surface area contributed by atoms with Gasteiger partial charge in [0.05, 0.1) is 5.69 Å². The zero-order valence-electron chi connectivity index (χ0n) is 13.2. The van der Waals surface area contributed by atoms with Crippen LogP contribution in [-0.2, 0) is 0 Å². The van der Waals surface area contributed by atoms with E-state index in [0.717, 1.165) is 37.0 Å². The number of carbonyl (C=O) groups is 1. The molecule has 3 rings (SSSR count). The molecule has 0 radical (unpaired) electrons. The minimum Gasteiger partial charge on any atom is -0.345 e. The van der Waals surface area contributed by atoms with Gasteiger partial charge in [0.2, 0.25) is 0 Å². The third-order valence-corrected chi connectivity index (χ3v) is 4.84. The van der Waals surface area contributed by atoms with E-state index in [0.29, 0.717) is 5.69 Å². The van der Waals surface area contributed by atoms with Crippen LogP contribution in [0.5, 0.6) is 0 Å². The van der Waals surface area contributed by atoms with Crippen molar-refractivity contribution in [2.75, 3.05) is 31.1 Å². The van der Waals surface area contributed by atoms with Crippen molar-refractivity contribution < 1.29 is 4.79 Å². The summed E-state index contributed by atoms with van der Waals surface area (Å²) in [6.45, 7) is 9.18. The molecule has 1 amide bonds. The summed E-state index contributed by atoms with van der Waals surface area (Å²) >= 11 is 1.67. The van der Waals surface area contributed by atoms with Crippen molar-refractivity contribution in [3.8, 4) is 0 Å². The molecule has 2 aromatic heterocycles. The van der Waals surface area contributed by atoms with Gasteiger partial charge in [0.1, 0.15) is 5.69 Å². The molecule has 0 saturated carbocycles. The van der Waals surface area contributed by atoms with E-state index in [1.54, 1.807) is 28.3 Å². The minimum atomic E-state index is 0.0705. The molecule has 6 nitrogen and oxygen atoms in total. The number of amides is 1. The highest BCUT2D eigenvalue weighted by atomic mass is 32.1. The normalized spacial score (nSPS) is 15.6. The highest BCUT2D eigenvalue weighted by Crippen LogP contribution is 2.22. The lowest BCUT2D eigenvalue weighted by atomic mass is 10.2. The molecule has 22 heavy (non-hydrogen) atoms. The van der Waals surface area contributed by atoms with Crippen LogP contribution < -0.4 is 4.90 Å². The van der Waals surface area contributed by atoms with Gasteiger partial charge < -0.3 is 9.80 Å². The Kier molecular flexibility index (Phi) is 4.15. The second-order valence-electron chi connectivity index (χ2n) is 5.81. The number of aryl methyl sites for hydroxylation is 1.